The van der Waals surface area contributed by atoms with E-state index in [4.69, 9.17) is 0 Å². The number of pyridine rings is 1. The van der Waals surface area contributed by atoms with Gasteiger partial charge in [-0.1, -0.05) is 0 Å². The summed E-state index contributed by atoms with van der Waals surface area (Å²) in [4.78, 5) is 34.0. The van der Waals surface area contributed by atoms with E-state index in [1.54, 1.807) is 54.7 Å². The molecule has 0 radical (unpaired) electrons. The largest absolute Gasteiger partial charge is 0.479 e. The molecule has 3 aromatic heterocycles. The van der Waals surface area contributed by atoms with Crippen molar-refractivity contribution in [2.45, 2.75) is 12.5 Å². The zero-order valence-electron chi connectivity index (χ0n) is 12.8. The number of hydrogen-bond acceptors (Lipinski definition) is 7. The van der Waals surface area contributed by atoms with Crippen LogP contribution in [0.4, 0.5) is 11.5 Å². The maximum atomic E-state index is 12.2. The van der Waals surface area contributed by atoms with Gasteiger partial charge in [0, 0.05) is 30.5 Å². The van der Waals surface area contributed by atoms with Crippen molar-refractivity contribution in [3.63, 3.8) is 0 Å². The van der Waals surface area contributed by atoms with E-state index in [2.05, 4.69) is 24.9 Å². The molecule has 8 heteroatoms. The average Bonchev–Trinajstić information content (AvgIpc) is 2.64. The first-order valence-electron chi connectivity index (χ1n) is 7.10. The van der Waals surface area contributed by atoms with Crippen LogP contribution in [-0.4, -0.2) is 36.0 Å². The molecular formula is C16H14N6O2. The van der Waals surface area contributed by atoms with E-state index in [1.165, 1.54) is 18.9 Å². The van der Waals surface area contributed by atoms with Crippen molar-refractivity contribution in [1.82, 2.24) is 24.9 Å². The Hall–Kier alpha value is -3.42. The summed E-state index contributed by atoms with van der Waals surface area (Å²) in [6, 6.07) is 6.64. The van der Waals surface area contributed by atoms with Crippen molar-refractivity contribution >= 4 is 17.5 Å². The van der Waals surface area contributed by atoms with Crippen LogP contribution in [0, 0.1) is 0 Å². The van der Waals surface area contributed by atoms with E-state index in [-0.39, 0.29) is 0 Å². The second kappa shape index (κ2) is 6.37. The maximum Gasteiger partial charge on any atom is 0.336 e. The van der Waals surface area contributed by atoms with Crippen LogP contribution in [0.15, 0.2) is 61.7 Å². The molecule has 0 aliphatic rings. The SMILES string of the molecule is CC(C(=O)O)(c1ccncn1)N(c1ccncc1)c1ccncn1. The van der Waals surface area contributed by atoms with Crippen LogP contribution in [0.1, 0.15) is 12.6 Å². The molecule has 3 aromatic rings. The van der Waals surface area contributed by atoms with Gasteiger partial charge in [-0.3, -0.25) is 4.98 Å². The van der Waals surface area contributed by atoms with Crippen molar-refractivity contribution in [3.8, 4) is 0 Å². The van der Waals surface area contributed by atoms with Gasteiger partial charge >= 0.3 is 5.97 Å². The first-order chi connectivity index (χ1) is 11.6. The minimum Gasteiger partial charge on any atom is -0.479 e. The predicted octanol–water partition coefficient (Wildman–Crippen LogP) is 1.80. The van der Waals surface area contributed by atoms with E-state index in [0.29, 0.717) is 17.2 Å². The Kier molecular flexibility index (Phi) is 4.11. The van der Waals surface area contributed by atoms with Gasteiger partial charge in [-0.2, -0.15) is 0 Å². The van der Waals surface area contributed by atoms with Crippen LogP contribution < -0.4 is 4.90 Å². The number of carboxylic acid groups (broad SMARTS) is 1. The average molecular weight is 322 g/mol. The summed E-state index contributed by atoms with van der Waals surface area (Å²) >= 11 is 0. The van der Waals surface area contributed by atoms with Gasteiger partial charge < -0.3 is 10.0 Å². The molecule has 0 amide bonds. The van der Waals surface area contributed by atoms with E-state index >= 15 is 0 Å². The smallest absolute Gasteiger partial charge is 0.336 e. The summed E-state index contributed by atoms with van der Waals surface area (Å²) < 4.78 is 0. The van der Waals surface area contributed by atoms with Crippen molar-refractivity contribution in [2.24, 2.45) is 0 Å². The standard InChI is InChI=1S/C16H14N6O2/c1-16(15(23)24,13-4-8-18-10-20-13)22(12-2-6-17-7-3-12)14-5-9-19-11-21-14/h2-11H,1H3,(H,23,24). The summed E-state index contributed by atoms with van der Waals surface area (Å²) in [7, 11) is 0. The molecule has 24 heavy (non-hydrogen) atoms. The second-order valence-corrected chi connectivity index (χ2v) is 5.08. The minimum absolute atomic E-state index is 0.334. The zero-order valence-corrected chi connectivity index (χ0v) is 12.8. The van der Waals surface area contributed by atoms with Crippen LogP contribution >= 0.6 is 0 Å². The number of hydrogen-bond donors (Lipinski definition) is 1. The molecule has 0 spiro atoms. The van der Waals surface area contributed by atoms with Crippen LogP contribution in [-0.2, 0) is 10.3 Å². The Morgan fingerprint density at radius 3 is 2.12 bits per heavy atom. The molecule has 0 fully saturated rings. The Morgan fingerprint density at radius 2 is 1.58 bits per heavy atom. The molecule has 0 aromatic carbocycles. The number of carbonyl (C=O) groups is 1. The molecule has 0 aliphatic carbocycles. The highest BCUT2D eigenvalue weighted by Crippen LogP contribution is 2.37. The summed E-state index contributed by atoms with van der Waals surface area (Å²) in [5.41, 5.74) is -0.550. The Labute approximate surface area is 137 Å². The quantitative estimate of drug-likeness (QED) is 0.758. The summed E-state index contributed by atoms with van der Waals surface area (Å²) in [6.45, 7) is 1.57. The van der Waals surface area contributed by atoms with Crippen molar-refractivity contribution in [2.75, 3.05) is 4.90 Å². The highest BCUT2D eigenvalue weighted by atomic mass is 16.4. The monoisotopic (exact) mass is 322 g/mol. The lowest BCUT2D eigenvalue weighted by Crippen LogP contribution is -2.48. The number of aliphatic carboxylic acids is 1. The topological polar surface area (TPSA) is 105 Å². The summed E-state index contributed by atoms with van der Waals surface area (Å²) in [5, 5.41) is 10.0. The van der Waals surface area contributed by atoms with Crippen LogP contribution in [0.25, 0.3) is 0 Å². The second-order valence-electron chi connectivity index (χ2n) is 5.08. The molecule has 1 atom stereocenters. The predicted molar refractivity (Wildman–Crippen MR) is 85.4 cm³/mol. The number of aromatic nitrogens is 5. The van der Waals surface area contributed by atoms with Crippen molar-refractivity contribution in [3.05, 3.63) is 67.4 Å². The van der Waals surface area contributed by atoms with Gasteiger partial charge in [-0.15, -0.1) is 0 Å². The normalized spacial score (nSPS) is 13.0. The third kappa shape index (κ3) is 2.65. The summed E-state index contributed by atoms with van der Waals surface area (Å²) in [5.74, 6) is -0.642. The zero-order chi connectivity index (χ0) is 17.0. The molecule has 3 heterocycles. The Balaban J connectivity index is 2.25. The lowest BCUT2D eigenvalue weighted by atomic mass is 9.94. The van der Waals surface area contributed by atoms with Crippen LogP contribution in [0.5, 0.6) is 0 Å². The molecule has 120 valence electrons. The third-order valence-corrected chi connectivity index (χ3v) is 3.66. The van der Waals surface area contributed by atoms with E-state index in [9.17, 15) is 9.90 Å². The highest BCUT2D eigenvalue weighted by molar-refractivity contribution is 5.87. The van der Waals surface area contributed by atoms with Gasteiger partial charge in [-0.05, 0) is 31.2 Å². The van der Waals surface area contributed by atoms with Gasteiger partial charge in [0.2, 0.25) is 0 Å². The fraction of sp³-hybridized carbons (Fsp3) is 0.125. The number of carboxylic acids is 1. The van der Waals surface area contributed by atoms with Gasteiger partial charge in [0.15, 0.2) is 5.54 Å². The van der Waals surface area contributed by atoms with Gasteiger partial charge in [0.25, 0.3) is 0 Å². The van der Waals surface area contributed by atoms with E-state index < -0.39 is 11.5 Å². The first kappa shape index (κ1) is 15.5. The lowest BCUT2D eigenvalue weighted by Gasteiger charge is -2.38. The Bertz CT molecular complexity index is 776. The van der Waals surface area contributed by atoms with E-state index in [1.807, 2.05) is 0 Å². The molecule has 1 unspecified atom stereocenters. The van der Waals surface area contributed by atoms with Gasteiger partial charge in [0.1, 0.15) is 18.5 Å². The van der Waals surface area contributed by atoms with Crippen LogP contribution in [0.2, 0.25) is 0 Å². The minimum atomic E-state index is -1.50. The number of anilines is 2. The van der Waals surface area contributed by atoms with Gasteiger partial charge in [-0.25, -0.2) is 24.7 Å². The first-order valence-corrected chi connectivity index (χ1v) is 7.10. The highest BCUT2D eigenvalue weighted by Gasteiger charge is 2.44. The van der Waals surface area contributed by atoms with Crippen LogP contribution in [0.3, 0.4) is 0 Å². The van der Waals surface area contributed by atoms with Crippen molar-refractivity contribution < 1.29 is 9.90 Å². The summed E-state index contributed by atoms with van der Waals surface area (Å²) in [6.07, 6.45) is 8.93. The molecule has 1 N–H and O–H groups in total. The molecule has 0 saturated carbocycles. The molecule has 0 saturated heterocycles. The molecule has 3 rings (SSSR count). The van der Waals surface area contributed by atoms with Crippen molar-refractivity contribution in [1.29, 1.82) is 0 Å². The molecule has 8 nitrogen and oxygen atoms in total. The number of nitrogens with zero attached hydrogens (tertiary/aromatic N) is 6. The fourth-order valence-electron chi connectivity index (χ4n) is 2.43. The molecule has 0 aliphatic heterocycles. The van der Waals surface area contributed by atoms with E-state index in [0.717, 1.165) is 0 Å². The van der Waals surface area contributed by atoms with Gasteiger partial charge in [0.05, 0.1) is 5.69 Å². The lowest BCUT2D eigenvalue weighted by molar-refractivity contribution is -0.143. The number of rotatable bonds is 5. The third-order valence-electron chi connectivity index (χ3n) is 3.66. The molecular weight excluding hydrogens is 308 g/mol. The molecule has 0 bridgehead atoms. The Morgan fingerprint density at radius 1 is 0.958 bits per heavy atom. The fourth-order valence-corrected chi connectivity index (χ4v) is 2.43. The maximum absolute atomic E-state index is 12.2.